The van der Waals surface area contributed by atoms with Crippen LogP contribution in [-0.2, 0) is 6.42 Å². The van der Waals surface area contributed by atoms with Gasteiger partial charge in [0, 0.05) is 11.5 Å². The Balaban J connectivity index is 1.93. The Morgan fingerprint density at radius 2 is 1.96 bits per heavy atom. The number of rotatable bonds is 5. The molecule has 0 radical (unpaired) electrons. The minimum atomic E-state index is -0.134. The summed E-state index contributed by atoms with van der Waals surface area (Å²) >= 11 is 0. The predicted octanol–water partition coefficient (Wildman–Crippen LogP) is 6.21. The van der Waals surface area contributed by atoms with Crippen LogP contribution >= 0.6 is 0 Å². The van der Waals surface area contributed by atoms with E-state index >= 15 is 0 Å². The lowest BCUT2D eigenvalue weighted by Crippen LogP contribution is -2.46. The first-order valence-electron chi connectivity index (χ1n) is 10.0. The monoisotopic (exact) mass is 330 g/mol. The van der Waals surface area contributed by atoms with Crippen molar-refractivity contribution in [3.63, 3.8) is 0 Å². The minimum absolute atomic E-state index is 0.134. The van der Waals surface area contributed by atoms with Gasteiger partial charge in [0.15, 0.2) is 0 Å². The highest BCUT2D eigenvalue weighted by atomic mass is 16.5. The van der Waals surface area contributed by atoms with Gasteiger partial charge in [-0.15, -0.1) is 0 Å². The molecule has 0 aromatic heterocycles. The lowest BCUT2D eigenvalue weighted by atomic mass is 9.63. The molecular formula is C22H34O2. The lowest BCUT2D eigenvalue weighted by Gasteiger charge is -2.49. The fourth-order valence-electron chi connectivity index (χ4n) is 4.99. The van der Waals surface area contributed by atoms with Crippen LogP contribution in [0.2, 0.25) is 0 Å². The second kappa shape index (κ2) is 6.98. The SMILES string of the molecule is CCCCCc1cc(O)c2c(c1)OC(C)(C)C1CCC(CC)CC21. The maximum Gasteiger partial charge on any atom is 0.127 e. The van der Waals surface area contributed by atoms with Crippen LogP contribution < -0.4 is 4.74 Å². The summed E-state index contributed by atoms with van der Waals surface area (Å²) in [5.41, 5.74) is 2.18. The van der Waals surface area contributed by atoms with Crippen LogP contribution in [0.5, 0.6) is 11.5 Å². The molecular weight excluding hydrogens is 296 g/mol. The van der Waals surface area contributed by atoms with Gasteiger partial charge in [0.2, 0.25) is 0 Å². The largest absolute Gasteiger partial charge is 0.508 e. The Morgan fingerprint density at radius 1 is 1.17 bits per heavy atom. The summed E-state index contributed by atoms with van der Waals surface area (Å²) < 4.78 is 6.43. The van der Waals surface area contributed by atoms with Crippen LogP contribution in [-0.4, -0.2) is 10.7 Å². The van der Waals surface area contributed by atoms with Crippen LogP contribution in [0.4, 0.5) is 0 Å². The first kappa shape index (κ1) is 17.6. The van der Waals surface area contributed by atoms with Gasteiger partial charge in [-0.1, -0.05) is 39.5 Å². The van der Waals surface area contributed by atoms with Crippen LogP contribution in [0.3, 0.4) is 0 Å². The highest BCUT2D eigenvalue weighted by molar-refractivity contribution is 5.52. The molecule has 24 heavy (non-hydrogen) atoms. The van der Waals surface area contributed by atoms with Crippen LogP contribution in [0, 0.1) is 11.8 Å². The molecule has 0 amide bonds. The van der Waals surface area contributed by atoms with E-state index in [4.69, 9.17) is 4.74 Å². The molecule has 1 aromatic carbocycles. The van der Waals surface area contributed by atoms with Crippen molar-refractivity contribution in [2.24, 2.45) is 11.8 Å². The fourth-order valence-corrected chi connectivity index (χ4v) is 4.99. The van der Waals surface area contributed by atoms with Crippen molar-refractivity contribution >= 4 is 0 Å². The molecule has 0 bridgehead atoms. The third-order valence-corrected chi connectivity index (χ3v) is 6.42. The maximum absolute atomic E-state index is 10.8. The van der Waals surface area contributed by atoms with Gasteiger partial charge in [0.25, 0.3) is 0 Å². The highest BCUT2D eigenvalue weighted by Crippen LogP contribution is 2.55. The van der Waals surface area contributed by atoms with Gasteiger partial charge in [-0.25, -0.2) is 0 Å². The lowest BCUT2D eigenvalue weighted by molar-refractivity contribution is -0.0163. The number of fused-ring (bicyclic) bond motifs is 3. The zero-order valence-corrected chi connectivity index (χ0v) is 15.9. The van der Waals surface area contributed by atoms with Gasteiger partial charge in [0.1, 0.15) is 17.1 Å². The molecule has 3 unspecified atom stereocenters. The molecule has 3 rings (SSSR count). The number of hydrogen-bond donors (Lipinski definition) is 1. The maximum atomic E-state index is 10.8. The van der Waals surface area contributed by atoms with Crippen LogP contribution in [0.15, 0.2) is 12.1 Å². The fraction of sp³-hybridized carbons (Fsp3) is 0.727. The molecule has 2 nitrogen and oxygen atoms in total. The summed E-state index contributed by atoms with van der Waals surface area (Å²) in [4.78, 5) is 0. The minimum Gasteiger partial charge on any atom is -0.508 e. The second-order valence-corrected chi connectivity index (χ2v) is 8.49. The summed E-state index contributed by atoms with van der Waals surface area (Å²) in [6.07, 6.45) is 9.64. The molecule has 1 aliphatic heterocycles. The Hall–Kier alpha value is -1.18. The Kier molecular flexibility index (Phi) is 5.13. The van der Waals surface area contributed by atoms with Gasteiger partial charge < -0.3 is 9.84 Å². The topological polar surface area (TPSA) is 29.5 Å². The molecule has 1 N–H and O–H groups in total. The average molecular weight is 331 g/mol. The van der Waals surface area contributed by atoms with Gasteiger partial charge >= 0.3 is 0 Å². The molecule has 1 aromatic rings. The molecule has 3 atom stereocenters. The molecule has 0 spiro atoms. The Morgan fingerprint density at radius 3 is 2.67 bits per heavy atom. The predicted molar refractivity (Wildman–Crippen MR) is 99.9 cm³/mol. The molecule has 1 aliphatic carbocycles. The van der Waals surface area contributed by atoms with E-state index in [9.17, 15) is 5.11 Å². The van der Waals surface area contributed by atoms with Gasteiger partial charge in [0.05, 0.1) is 0 Å². The first-order valence-corrected chi connectivity index (χ1v) is 10.0. The van der Waals surface area contributed by atoms with E-state index in [1.165, 1.54) is 50.5 Å². The molecule has 134 valence electrons. The van der Waals surface area contributed by atoms with Crippen molar-refractivity contribution in [2.75, 3.05) is 0 Å². The van der Waals surface area contributed by atoms with E-state index in [2.05, 4.69) is 33.8 Å². The molecule has 1 saturated carbocycles. The third kappa shape index (κ3) is 3.30. The Labute approximate surface area is 147 Å². The number of hydrogen-bond acceptors (Lipinski definition) is 2. The quantitative estimate of drug-likeness (QED) is 0.651. The summed E-state index contributed by atoms with van der Waals surface area (Å²) in [5, 5.41) is 10.8. The van der Waals surface area contributed by atoms with E-state index in [-0.39, 0.29) is 5.60 Å². The normalized spacial score (nSPS) is 27.9. The molecule has 2 aliphatic rings. The van der Waals surface area contributed by atoms with Crippen LogP contribution in [0.1, 0.15) is 89.7 Å². The molecule has 2 heteroatoms. The molecule has 1 fully saturated rings. The number of aryl methyl sites for hydroxylation is 1. The van der Waals surface area contributed by atoms with E-state index < -0.39 is 0 Å². The summed E-state index contributed by atoms with van der Waals surface area (Å²) in [7, 11) is 0. The summed E-state index contributed by atoms with van der Waals surface area (Å²) in [6, 6.07) is 4.21. The number of phenols is 1. The number of aromatic hydroxyl groups is 1. The average Bonchev–Trinajstić information content (AvgIpc) is 2.53. The molecule has 1 heterocycles. The van der Waals surface area contributed by atoms with E-state index in [0.29, 0.717) is 17.6 Å². The zero-order chi connectivity index (χ0) is 17.3. The second-order valence-electron chi connectivity index (χ2n) is 8.49. The van der Waals surface area contributed by atoms with E-state index in [1.54, 1.807) is 0 Å². The van der Waals surface area contributed by atoms with E-state index in [0.717, 1.165) is 23.7 Å². The van der Waals surface area contributed by atoms with Crippen molar-refractivity contribution in [2.45, 2.75) is 90.6 Å². The number of ether oxygens (including phenoxy) is 1. The smallest absolute Gasteiger partial charge is 0.127 e. The summed E-state index contributed by atoms with van der Waals surface area (Å²) in [6.45, 7) is 9.00. The third-order valence-electron chi connectivity index (χ3n) is 6.42. The van der Waals surface area contributed by atoms with Gasteiger partial charge in [-0.3, -0.25) is 0 Å². The number of benzene rings is 1. The molecule has 0 saturated heterocycles. The van der Waals surface area contributed by atoms with Crippen molar-refractivity contribution < 1.29 is 9.84 Å². The van der Waals surface area contributed by atoms with Crippen molar-refractivity contribution in [3.05, 3.63) is 23.3 Å². The van der Waals surface area contributed by atoms with Crippen molar-refractivity contribution in [1.82, 2.24) is 0 Å². The highest BCUT2D eigenvalue weighted by Gasteiger charge is 2.47. The number of unbranched alkanes of at least 4 members (excludes halogenated alkanes) is 2. The van der Waals surface area contributed by atoms with Gasteiger partial charge in [-0.05, 0) is 69.1 Å². The van der Waals surface area contributed by atoms with Crippen molar-refractivity contribution in [1.29, 1.82) is 0 Å². The number of phenolic OH excluding ortho intramolecular Hbond substituents is 1. The van der Waals surface area contributed by atoms with Gasteiger partial charge in [-0.2, -0.15) is 0 Å². The first-order chi connectivity index (χ1) is 11.5. The summed E-state index contributed by atoms with van der Waals surface area (Å²) in [5.74, 6) is 3.18. The Bertz CT molecular complexity index is 576. The standard InChI is InChI=1S/C22H34O2/c1-5-7-8-9-16-13-19(23)21-17-12-15(6-2)10-11-18(17)22(3,4)24-20(21)14-16/h13-15,17-18,23H,5-12H2,1-4H3. The van der Waals surface area contributed by atoms with Crippen molar-refractivity contribution in [3.8, 4) is 11.5 Å². The van der Waals surface area contributed by atoms with Crippen LogP contribution in [0.25, 0.3) is 0 Å². The van der Waals surface area contributed by atoms with E-state index in [1.807, 2.05) is 6.07 Å². The zero-order valence-electron chi connectivity index (χ0n) is 15.9.